The van der Waals surface area contributed by atoms with Crippen LogP contribution in [-0.2, 0) is 16.1 Å². The number of anilines is 1. The van der Waals surface area contributed by atoms with E-state index in [9.17, 15) is 9.59 Å². The van der Waals surface area contributed by atoms with E-state index >= 15 is 0 Å². The van der Waals surface area contributed by atoms with Gasteiger partial charge in [0.15, 0.2) is 0 Å². The summed E-state index contributed by atoms with van der Waals surface area (Å²) in [5.74, 6) is -0.913. The van der Waals surface area contributed by atoms with Gasteiger partial charge in [0.05, 0.1) is 31.4 Å². The van der Waals surface area contributed by atoms with Crippen LogP contribution >= 0.6 is 11.6 Å². The molecule has 0 fully saturated rings. The Labute approximate surface area is 118 Å². The Bertz CT molecular complexity index is 642. The first-order valence-corrected chi connectivity index (χ1v) is 5.84. The summed E-state index contributed by atoms with van der Waals surface area (Å²) in [6.45, 7) is -0.0384. The highest BCUT2D eigenvalue weighted by molar-refractivity contribution is 6.29. The molecule has 104 valence electrons. The second-order valence-electron chi connectivity index (χ2n) is 3.68. The number of hydrogen-bond donors (Lipinski definition) is 1. The number of rotatable bonds is 4. The smallest absolute Gasteiger partial charge is 0.327 e. The van der Waals surface area contributed by atoms with E-state index in [1.807, 2.05) is 0 Å². The summed E-state index contributed by atoms with van der Waals surface area (Å²) < 4.78 is 5.85. The van der Waals surface area contributed by atoms with Gasteiger partial charge in [0.25, 0.3) is 5.91 Å². The number of nitrogens with zero attached hydrogens (tertiary/aromatic N) is 4. The van der Waals surface area contributed by atoms with Crippen molar-refractivity contribution in [1.82, 2.24) is 19.7 Å². The molecule has 0 unspecified atom stereocenters. The summed E-state index contributed by atoms with van der Waals surface area (Å²) in [5, 5.41) is 6.59. The Morgan fingerprint density at radius 3 is 2.90 bits per heavy atom. The molecule has 0 bridgehead atoms. The number of carbonyl (C=O) groups is 2. The van der Waals surface area contributed by atoms with Crippen molar-refractivity contribution in [2.45, 2.75) is 6.54 Å². The van der Waals surface area contributed by atoms with Crippen molar-refractivity contribution >= 4 is 29.2 Å². The number of halogens is 1. The van der Waals surface area contributed by atoms with Gasteiger partial charge in [-0.05, 0) is 0 Å². The van der Waals surface area contributed by atoms with Crippen molar-refractivity contribution in [3.05, 3.63) is 35.6 Å². The third-order valence-electron chi connectivity index (χ3n) is 2.25. The third kappa shape index (κ3) is 3.51. The molecule has 2 aromatic heterocycles. The number of amides is 1. The van der Waals surface area contributed by atoms with Gasteiger partial charge in [-0.1, -0.05) is 11.6 Å². The van der Waals surface area contributed by atoms with Crippen LogP contribution in [0.15, 0.2) is 24.8 Å². The molecule has 0 aliphatic rings. The first kappa shape index (κ1) is 13.9. The highest BCUT2D eigenvalue weighted by Crippen LogP contribution is 2.08. The van der Waals surface area contributed by atoms with E-state index in [1.165, 1.54) is 36.6 Å². The van der Waals surface area contributed by atoms with E-state index in [0.29, 0.717) is 5.69 Å². The van der Waals surface area contributed by atoms with Crippen molar-refractivity contribution in [3.8, 4) is 0 Å². The average Bonchev–Trinajstić information content (AvgIpc) is 2.85. The lowest BCUT2D eigenvalue weighted by molar-refractivity contribution is -0.141. The highest BCUT2D eigenvalue weighted by Gasteiger charge is 2.11. The molecular formula is C11H10ClN5O3. The summed E-state index contributed by atoms with van der Waals surface area (Å²) in [4.78, 5) is 30.5. The van der Waals surface area contributed by atoms with Crippen LogP contribution in [0.3, 0.4) is 0 Å². The van der Waals surface area contributed by atoms with Gasteiger partial charge in [-0.2, -0.15) is 5.10 Å². The zero-order valence-corrected chi connectivity index (χ0v) is 11.2. The molecule has 20 heavy (non-hydrogen) atoms. The molecule has 2 rings (SSSR count). The van der Waals surface area contributed by atoms with Gasteiger partial charge >= 0.3 is 5.97 Å². The van der Waals surface area contributed by atoms with Gasteiger partial charge in [0, 0.05) is 6.20 Å². The fraction of sp³-hybridized carbons (Fsp3) is 0.182. The first-order chi connectivity index (χ1) is 9.58. The number of nitrogens with one attached hydrogen (secondary N) is 1. The molecule has 8 nitrogen and oxygen atoms in total. The zero-order valence-electron chi connectivity index (χ0n) is 10.4. The lowest BCUT2D eigenvalue weighted by atomic mass is 10.4. The normalized spacial score (nSPS) is 10.1. The molecule has 1 N–H and O–H groups in total. The Balaban J connectivity index is 2.03. The van der Waals surface area contributed by atoms with Crippen LogP contribution in [0.4, 0.5) is 5.69 Å². The molecule has 0 saturated heterocycles. The highest BCUT2D eigenvalue weighted by atomic mass is 35.5. The SMILES string of the molecule is COC(=O)Cn1cc(NC(=O)c2cncc(Cl)n2)cn1. The van der Waals surface area contributed by atoms with E-state index in [0.717, 1.165) is 0 Å². The standard InChI is InChI=1S/C11H10ClN5O3/c1-20-10(18)6-17-5-7(2-14-17)15-11(19)8-3-13-4-9(12)16-8/h2-5H,6H2,1H3,(H,15,19). The van der Waals surface area contributed by atoms with Crippen molar-refractivity contribution < 1.29 is 14.3 Å². The second kappa shape index (κ2) is 6.11. The maximum absolute atomic E-state index is 11.9. The van der Waals surface area contributed by atoms with Crippen LogP contribution in [0.1, 0.15) is 10.5 Å². The number of hydrogen-bond acceptors (Lipinski definition) is 6. The number of esters is 1. The van der Waals surface area contributed by atoms with Crippen LogP contribution in [0.5, 0.6) is 0 Å². The molecule has 0 aliphatic heterocycles. The maximum atomic E-state index is 11.9. The number of aromatic nitrogens is 4. The van der Waals surface area contributed by atoms with Gasteiger partial charge in [-0.15, -0.1) is 0 Å². The van der Waals surface area contributed by atoms with Gasteiger partial charge in [-0.3, -0.25) is 19.3 Å². The van der Waals surface area contributed by atoms with Crippen LogP contribution < -0.4 is 5.32 Å². The van der Waals surface area contributed by atoms with Gasteiger partial charge in [-0.25, -0.2) is 4.98 Å². The van der Waals surface area contributed by atoms with Crippen LogP contribution in [0.25, 0.3) is 0 Å². The number of ether oxygens (including phenoxy) is 1. The van der Waals surface area contributed by atoms with Crippen LogP contribution in [0.2, 0.25) is 5.15 Å². The predicted molar refractivity (Wildman–Crippen MR) is 69.2 cm³/mol. The van der Waals surface area contributed by atoms with E-state index in [1.54, 1.807) is 0 Å². The lowest BCUT2D eigenvalue weighted by Crippen LogP contribution is -2.14. The molecule has 0 spiro atoms. The van der Waals surface area contributed by atoms with Gasteiger partial charge < -0.3 is 10.1 Å². The summed E-state index contributed by atoms with van der Waals surface area (Å²) >= 11 is 5.65. The Hall–Kier alpha value is -2.48. The predicted octanol–water partition coefficient (Wildman–Crippen LogP) is 0.752. The number of methoxy groups -OCH3 is 1. The minimum absolute atomic E-state index is 0.0384. The average molecular weight is 296 g/mol. The zero-order chi connectivity index (χ0) is 14.5. The maximum Gasteiger partial charge on any atom is 0.327 e. The number of carbonyl (C=O) groups excluding carboxylic acids is 2. The monoisotopic (exact) mass is 295 g/mol. The van der Waals surface area contributed by atoms with Gasteiger partial charge in [0.2, 0.25) is 0 Å². The fourth-order valence-electron chi connectivity index (χ4n) is 1.36. The van der Waals surface area contributed by atoms with E-state index in [4.69, 9.17) is 11.6 Å². The molecule has 0 saturated carbocycles. The summed E-state index contributed by atoms with van der Waals surface area (Å²) in [5.41, 5.74) is 0.499. The van der Waals surface area contributed by atoms with Crippen molar-refractivity contribution in [2.24, 2.45) is 0 Å². The summed E-state index contributed by atoms with van der Waals surface area (Å²) in [6.07, 6.45) is 5.51. The second-order valence-corrected chi connectivity index (χ2v) is 4.07. The Morgan fingerprint density at radius 1 is 1.40 bits per heavy atom. The lowest BCUT2D eigenvalue weighted by Gasteiger charge is -2.01. The van der Waals surface area contributed by atoms with Crippen molar-refractivity contribution in [1.29, 1.82) is 0 Å². The molecule has 2 heterocycles. The quantitative estimate of drug-likeness (QED) is 0.836. The van der Waals surface area contributed by atoms with E-state index < -0.39 is 11.9 Å². The molecule has 9 heteroatoms. The van der Waals surface area contributed by atoms with E-state index in [2.05, 4.69) is 25.1 Å². The molecule has 2 aromatic rings. The van der Waals surface area contributed by atoms with Crippen LogP contribution in [0, 0.1) is 0 Å². The minimum atomic E-state index is -0.474. The largest absolute Gasteiger partial charge is 0.468 e. The Morgan fingerprint density at radius 2 is 2.20 bits per heavy atom. The molecular weight excluding hydrogens is 286 g/mol. The Kier molecular flexibility index (Phi) is 4.26. The topological polar surface area (TPSA) is 99.0 Å². The summed E-state index contributed by atoms with van der Waals surface area (Å²) in [6, 6.07) is 0. The van der Waals surface area contributed by atoms with Crippen LogP contribution in [-0.4, -0.2) is 38.7 Å². The van der Waals surface area contributed by atoms with Crippen molar-refractivity contribution in [3.63, 3.8) is 0 Å². The third-order valence-corrected chi connectivity index (χ3v) is 2.43. The molecule has 0 aromatic carbocycles. The molecule has 0 radical (unpaired) electrons. The molecule has 0 atom stereocenters. The van der Waals surface area contributed by atoms with Gasteiger partial charge in [0.1, 0.15) is 17.4 Å². The summed E-state index contributed by atoms with van der Waals surface area (Å²) in [7, 11) is 1.28. The molecule has 1 amide bonds. The fourth-order valence-corrected chi connectivity index (χ4v) is 1.51. The minimum Gasteiger partial charge on any atom is -0.468 e. The molecule has 0 aliphatic carbocycles. The van der Waals surface area contributed by atoms with E-state index in [-0.39, 0.29) is 17.4 Å². The first-order valence-electron chi connectivity index (χ1n) is 5.46. The van der Waals surface area contributed by atoms with Crippen molar-refractivity contribution in [2.75, 3.05) is 12.4 Å².